The summed E-state index contributed by atoms with van der Waals surface area (Å²) in [7, 11) is 0. The fourth-order valence-electron chi connectivity index (χ4n) is 2.05. The highest BCUT2D eigenvalue weighted by molar-refractivity contribution is 7.19. The molecule has 0 aliphatic heterocycles. The Kier molecular flexibility index (Phi) is 4.08. The molecule has 1 aromatic carbocycles. The first-order chi connectivity index (χ1) is 10.5. The van der Waals surface area contributed by atoms with Gasteiger partial charge in [0.25, 0.3) is 12.3 Å². The molecule has 3 rings (SSSR count). The zero-order valence-electron chi connectivity index (χ0n) is 11.1. The molecular weight excluding hydrogens is 332 g/mol. The van der Waals surface area contributed by atoms with Gasteiger partial charge in [-0.15, -0.1) is 0 Å². The van der Waals surface area contributed by atoms with Gasteiger partial charge in [-0.1, -0.05) is 29.0 Å². The van der Waals surface area contributed by atoms with Crippen molar-refractivity contribution < 1.29 is 13.6 Å². The van der Waals surface area contributed by atoms with Gasteiger partial charge in [0.1, 0.15) is 4.88 Å². The molecule has 0 spiro atoms. The van der Waals surface area contributed by atoms with Gasteiger partial charge in [0.2, 0.25) is 0 Å². The van der Waals surface area contributed by atoms with Crippen LogP contribution in [0.2, 0.25) is 5.02 Å². The zero-order chi connectivity index (χ0) is 15.7. The average Bonchev–Trinajstić information content (AvgIpc) is 3.05. The normalized spacial score (nSPS) is 11.3. The maximum atomic E-state index is 12.9. The van der Waals surface area contributed by atoms with Gasteiger partial charge in [0.05, 0.1) is 6.54 Å². The molecule has 114 valence electrons. The fraction of sp³-hybridized carbons (Fsp3) is 0.143. The number of hydrogen-bond donors (Lipinski definition) is 0. The Labute approximate surface area is 133 Å². The van der Waals surface area contributed by atoms with E-state index in [1.54, 1.807) is 41.2 Å². The van der Waals surface area contributed by atoms with E-state index in [1.165, 1.54) is 6.07 Å². The standard InChI is InChI=1S/C14H10ClF2N3OS/c15-9-2-1-3-10(6-9)20(8-12(16)17)13(21)11-7-19-5-4-18-14(19)22-11/h1-7,12H,8H2. The van der Waals surface area contributed by atoms with Gasteiger partial charge in [-0.2, -0.15) is 0 Å². The van der Waals surface area contributed by atoms with Crippen molar-refractivity contribution >= 4 is 39.5 Å². The molecule has 0 unspecified atom stereocenters. The molecule has 0 radical (unpaired) electrons. The lowest BCUT2D eigenvalue weighted by molar-refractivity contribution is 0.0949. The van der Waals surface area contributed by atoms with Crippen LogP contribution in [0.1, 0.15) is 9.67 Å². The second kappa shape index (κ2) is 6.02. The maximum absolute atomic E-state index is 12.9. The lowest BCUT2D eigenvalue weighted by Crippen LogP contribution is -2.34. The summed E-state index contributed by atoms with van der Waals surface area (Å²) >= 11 is 7.04. The predicted octanol–water partition coefficient (Wildman–Crippen LogP) is 3.96. The predicted molar refractivity (Wildman–Crippen MR) is 82.2 cm³/mol. The maximum Gasteiger partial charge on any atom is 0.270 e. The van der Waals surface area contributed by atoms with Crippen LogP contribution < -0.4 is 4.90 Å². The van der Waals surface area contributed by atoms with E-state index in [0.717, 1.165) is 16.2 Å². The molecule has 0 saturated heterocycles. The van der Waals surface area contributed by atoms with E-state index in [1.807, 2.05) is 0 Å². The molecule has 0 aliphatic carbocycles. The molecule has 0 fully saturated rings. The van der Waals surface area contributed by atoms with Gasteiger partial charge >= 0.3 is 0 Å². The van der Waals surface area contributed by atoms with E-state index in [2.05, 4.69) is 4.98 Å². The molecule has 0 saturated carbocycles. The summed E-state index contributed by atoms with van der Waals surface area (Å²) in [4.78, 5) is 18.6. The van der Waals surface area contributed by atoms with Gasteiger partial charge in [-0.05, 0) is 18.2 Å². The van der Waals surface area contributed by atoms with Crippen LogP contribution >= 0.6 is 22.9 Å². The van der Waals surface area contributed by atoms with Crippen molar-refractivity contribution in [2.75, 3.05) is 11.4 Å². The summed E-state index contributed by atoms with van der Waals surface area (Å²) in [6, 6.07) is 6.30. The molecule has 0 atom stereocenters. The Morgan fingerprint density at radius 3 is 2.95 bits per heavy atom. The van der Waals surface area contributed by atoms with Crippen molar-refractivity contribution in [3.63, 3.8) is 0 Å². The van der Waals surface area contributed by atoms with Crippen LogP contribution in [-0.2, 0) is 0 Å². The lowest BCUT2D eigenvalue weighted by atomic mass is 10.2. The monoisotopic (exact) mass is 341 g/mol. The highest BCUT2D eigenvalue weighted by Crippen LogP contribution is 2.25. The summed E-state index contributed by atoms with van der Waals surface area (Å²) < 4.78 is 27.4. The summed E-state index contributed by atoms with van der Waals surface area (Å²) in [5.74, 6) is -0.502. The van der Waals surface area contributed by atoms with E-state index in [-0.39, 0.29) is 0 Å². The van der Waals surface area contributed by atoms with Crippen LogP contribution in [-0.4, -0.2) is 28.3 Å². The second-order valence-corrected chi connectivity index (χ2v) is 5.94. The number of fused-ring (bicyclic) bond motifs is 1. The van der Waals surface area contributed by atoms with Crippen molar-refractivity contribution in [1.82, 2.24) is 9.38 Å². The number of thiazole rings is 1. The van der Waals surface area contributed by atoms with Crippen LogP contribution in [0.4, 0.5) is 14.5 Å². The number of nitrogens with zero attached hydrogens (tertiary/aromatic N) is 3. The van der Waals surface area contributed by atoms with Crippen molar-refractivity contribution in [2.24, 2.45) is 0 Å². The number of hydrogen-bond acceptors (Lipinski definition) is 3. The smallest absolute Gasteiger partial charge is 0.270 e. The topological polar surface area (TPSA) is 37.6 Å². The number of carbonyl (C=O) groups is 1. The molecule has 0 aliphatic rings. The Balaban J connectivity index is 1.97. The summed E-state index contributed by atoms with van der Waals surface area (Å²) in [6.45, 7) is -0.695. The third-order valence-corrected chi connectivity index (χ3v) is 4.22. The molecule has 4 nitrogen and oxygen atoms in total. The average molecular weight is 342 g/mol. The number of aromatic nitrogens is 2. The highest BCUT2D eigenvalue weighted by Gasteiger charge is 2.23. The van der Waals surface area contributed by atoms with Gasteiger partial charge < -0.3 is 4.90 Å². The first-order valence-corrected chi connectivity index (χ1v) is 7.52. The number of amides is 1. The largest absolute Gasteiger partial charge is 0.302 e. The number of carbonyl (C=O) groups excluding carboxylic acids is 1. The minimum atomic E-state index is -2.65. The molecule has 22 heavy (non-hydrogen) atoms. The Morgan fingerprint density at radius 1 is 1.45 bits per heavy atom. The molecule has 2 aromatic heterocycles. The Bertz CT molecular complexity index is 789. The van der Waals surface area contributed by atoms with Gasteiger partial charge in [-0.3, -0.25) is 9.20 Å². The van der Waals surface area contributed by atoms with Gasteiger partial charge in [0, 0.05) is 29.3 Å². The van der Waals surface area contributed by atoms with Crippen LogP contribution in [0.25, 0.3) is 4.96 Å². The number of rotatable bonds is 4. The van der Waals surface area contributed by atoms with E-state index < -0.39 is 18.9 Å². The minimum absolute atomic E-state index is 0.337. The molecule has 3 aromatic rings. The quantitative estimate of drug-likeness (QED) is 0.720. The van der Waals surface area contributed by atoms with Crippen molar-refractivity contribution in [3.8, 4) is 0 Å². The summed E-state index contributed by atoms with van der Waals surface area (Å²) in [5.41, 5.74) is 0.337. The van der Waals surface area contributed by atoms with Gasteiger partial charge in [-0.25, -0.2) is 13.8 Å². The van der Waals surface area contributed by atoms with Crippen molar-refractivity contribution in [3.05, 3.63) is 52.8 Å². The Morgan fingerprint density at radius 2 is 2.27 bits per heavy atom. The first kappa shape index (κ1) is 14.9. The van der Waals surface area contributed by atoms with E-state index in [9.17, 15) is 13.6 Å². The van der Waals surface area contributed by atoms with E-state index >= 15 is 0 Å². The first-order valence-electron chi connectivity index (χ1n) is 6.32. The van der Waals surface area contributed by atoms with Crippen molar-refractivity contribution in [2.45, 2.75) is 6.43 Å². The van der Waals surface area contributed by atoms with Gasteiger partial charge in [0.15, 0.2) is 4.96 Å². The molecule has 1 amide bonds. The van der Waals surface area contributed by atoms with Crippen molar-refractivity contribution in [1.29, 1.82) is 0 Å². The lowest BCUT2D eigenvalue weighted by Gasteiger charge is -2.21. The number of alkyl halides is 2. The molecule has 0 bridgehead atoms. The fourth-order valence-corrected chi connectivity index (χ4v) is 3.12. The SMILES string of the molecule is O=C(c1cn2ccnc2s1)N(CC(F)F)c1cccc(Cl)c1. The molecule has 8 heteroatoms. The number of benzene rings is 1. The number of halogens is 3. The van der Waals surface area contributed by atoms with Crippen LogP contribution in [0.15, 0.2) is 42.9 Å². The Hall–Kier alpha value is -1.99. The molecule has 0 N–H and O–H groups in total. The molecular formula is C14H10ClF2N3OS. The van der Waals surface area contributed by atoms with Crippen LogP contribution in [0, 0.1) is 0 Å². The second-order valence-electron chi connectivity index (χ2n) is 4.50. The van der Waals surface area contributed by atoms with Crippen LogP contribution in [0.5, 0.6) is 0 Å². The van der Waals surface area contributed by atoms with E-state index in [0.29, 0.717) is 20.5 Å². The highest BCUT2D eigenvalue weighted by atomic mass is 35.5. The molecule has 2 heterocycles. The van der Waals surface area contributed by atoms with Crippen LogP contribution in [0.3, 0.4) is 0 Å². The summed E-state index contributed by atoms with van der Waals surface area (Å²) in [5, 5.41) is 0.380. The minimum Gasteiger partial charge on any atom is -0.302 e. The van der Waals surface area contributed by atoms with E-state index in [4.69, 9.17) is 11.6 Å². The third kappa shape index (κ3) is 2.95. The zero-order valence-corrected chi connectivity index (χ0v) is 12.7. The third-order valence-electron chi connectivity index (χ3n) is 2.99. The number of imidazole rings is 1. The number of anilines is 1. The summed E-state index contributed by atoms with van der Waals surface area (Å²) in [6.07, 6.45) is 2.23.